The molecule has 1 amide bonds. The Labute approximate surface area is 139 Å². The molecule has 2 N–H and O–H groups in total. The van der Waals surface area contributed by atoms with E-state index >= 15 is 0 Å². The van der Waals surface area contributed by atoms with Gasteiger partial charge in [0.15, 0.2) is 0 Å². The van der Waals surface area contributed by atoms with Gasteiger partial charge in [-0.1, -0.05) is 6.07 Å². The van der Waals surface area contributed by atoms with Gasteiger partial charge >= 0.3 is 6.18 Å². The van der Waals surface area contributed by atoms with E-state index < -0.39 is 24.7 Å². The smallest absolute Gasteiger partial charge is 0.350 e. The summed E-state index contributed by atoms with van der Waals surface area (Å²) in [6.45, 7) is 1.31. The van der Waals surface area contributed by atoms with Crippen LogP contribution in [0.5, 0.6) is 0 Å². The highest BCUT2D eigenvalue weighted by atomic mass is 19.4. The van der Waals surface area contributed by atoms with E-state index in [1.54, 1.807) is 6.07 Å². The molecule has 1 fully saturated rings. The van der Waals surface area contributed by atoms with Crippen molar-refractivity contribution in [1.82, 2.24) is 15.5 Å². The summed E-state index contributed by atoms with van der Waals surface area (Å²) in [5, 5.41) is 5.51. The summed E-state index contributed by atoms with van der Waals surface area (Å²) in [4.78, 5) is 13.6. The number of carbonyl (C=O) groups is 1. The van der Waals surface area contributed by atoms with Gasteiger partial charge < -0.3 is 10.6 Å². The number of halogens is 3. The maximum Gasteiger partial charge on any atom is 0.405 e. The number of benzene rings is 1. The first-order chi connectivity index (χ1) is 11.4. The molecule has 1 aliphatic carbocycles. The van der Waals surface area contributed by atoms with Gasteiger partial charge in [0.25, 0.3) is 5.91 Å². The van der Waals surface area contributed by atoms with Gasteiger partial charge in [-0.3, -0.25) is 9.69 Å². The number of rotatable bonds is 4. The fourth-order valence-electron chi connectivity index (χ4n) is 3.45. The van der Waals surface area contributed by atoms with Crippen molar-refractivity contribution in [2.45, 2.75) is 31.5 Å². The molecule has 4 nitrogen and oxygen atoms in total. The molecule has 0 radical (unpaired) electrons. The van der Waals surface area contributed by atoms with Gasteiger partial charge in [-0.15, -0.1) is 0 Å². The predicted molar refractivity (Wildman–Crippen MR) is 85.1 cm³/mol. The van der Waals surface area contributed by atoms with Crippen LogP contribution in [0.25, 0.3) is 0 Å². The van der Waals surface area contributed by atoms with Crippen molar-refractivity contribution >= 4 is 5.91 Å². The molecule has 1 atom stereocenters. The first-order valence-corrected chi connectivity index (χ1v) is 8.36. The van der Waals surface area contributed by atoms with Crippen molar-refractivity contribution < 1.29 is 18.0 Å². The van der Waals surface area contributed by atoms with Crippen molar-refractivity contribution in [3.05, 3.63) is 34.9 Å². The summed E-state index contributed by atoms with van der Waals surface area (Å²) in [6, 6.07) is 3.78. The van der Waals surface area contributed by atoms with E-state index in [1.165, 1.54) is 10.5 Å². The molecule has 0 saturated carbocycles. The van der Waals surface area contributed by atoms with Gasteiger partial charge in [-0.2, -0.15) is 13.2 Å². The third kappa shape index (κ3) is 3.89. The summed E-state index contributed by atoms with van der Waals surface area (Å²) in [7, 11) is 0. The van der Waals surface area contributed by atoms with Crippen LogP contribution in [0, 0.1) is 0 Å². The number of piperazine rings is 1. The number of nitrogens with zero attached hydrogens (tertiary/aromatic N) is 1. The standard InChI is InChI=1S/C17H22F3N3O/c18-17(19,20)15(23-8-6-21-7-9-23)11-22-16(24)14-5-4-12-2-1-3-13(12)10-14/h4-5,10,15,21H,1-3,6-9,11H2,(H,22,24). The van der Waals surface area contributed by atoms with E-state index in [-0.39, 0.29) is 0 Å². The normalized spacial score (nSPS) is 19.8. The summed E-state index contributed by atoms with van der Waals surface area (Å²) in [5.74, 6) is -0.436. The van der Waals surface area contributed by atoms with Gasteiger partial charge in [-0.25, -0.2) is 0 Å². The Morgan fingerprint density at radius 2 is 1.92 bits per heavy atom. The second-order valence-electron chi connectivity index (χ2n) is 6.39. The maximum atomic E-state index is 13.3. The molecule has 1 heterocycles. The molecule has 1 aromatic rings. The molecule has 1 saturated heterocycles. The van der Waals surface area contributed by atoms with Crippen LogP contribution in [-0.2, 0) is 12.8 Å². The van der Waals surface area contributed by atoms with Crippen molar-refractivity contribution in [1.29, 1.82) is 0 Å². The lowest BCUT2D eigenvalue weighted by atomic mass is 10.1. The Kier molecular flexibility index (Phi) is 5.10. The number of hydrogen-bond donors (Lipinski definition) is 2. The average Bonchev–Trinajstić information content (AvgIpc) is 3.02. The topological polar surface area (TPSA) is 44.4 Å². The lowest BCUT2D eigenvalue weighted by molar-refractivity contribution is -0.183. The molecule has 0 bridgehead atoms. The van der Waals surface area contributed by atoms with E-state index in [2.05, 4.69) is 10.6 Å². The first-order valence-electron chi connectivity index (χ1n) is 8.36. The number of fused-ring (bicyclic) bond motifs is 1. The number of alkyl halides is 3. The van der Waals surface area contributed by atoms with E-state index in [0.29, 0.717) is 31.7 Å². The van der Waals surface area contributed by atoms with Gasteiger partial charge in [0, 0.05) is 38.3 Å². The van der Waals surface area contributed by atoms with Crippen LogP contribution in [0.15, 0.2) is 18.2 Å². The van der Waals surface area contributed by atoms with Crippen LogP contribution in [-0.4, -0.2) is 55.7 Å². The zero-order chi connectivity index (χ0) is 17.2. The van der Waals surface area contributed by atoms with Gasteiger partial charge in [-0.05, 0) is 42.5 Å². The van der Waals surface area contributed by atoms with E-state index in [9.17, 15) is 18.0 Å². The lowest BCUT2D eigenvalue weighted by Crippen LogP contribution is -2.57. The van der Waals surface area contributed by atoms with Crippen molar-refractivity contribution in [2.75, 3.05) is 32.7 Å². The SMILES string of the molecule is O=C(NCC(N1CCNCC1)C(F)(F)F)c1ccc2c(c1)CCC2. The van der Waals surface area contributed by atoms with Crippen LogP contribution < -0.4 is 10.6 Å². The minimum Gasteiger partial charge on any atom is -0.350 e. The van der Waals surface area contributed by atoms with Gasteiger partial charge in [0.2, 0.25) is 0 Å². The maximum absolute atomic E-state index is 13.3. The summed E-state index contributed by atoms with van der Waals surface area (Å²) in [6.07, 6.45) is -1.35. The lowest BCUT2D eigenvalue weighted by Gasteiger charge is -2.35. The quantitative estimate of drug-likeness (QED) is 0.877. The zero-order valence-electron chi connectivity index (χ0n) is 13.5. The third-order valence-corrected chi connectivity index (χ3v) is 4.79. The summed E-state index contributed by atoms with van der Waals surface area (Å²) >= 11 is 0. The minimum absolute atomic E-state index is 0.332. The Hall–Kier alpha value is -1.60. The molecule has 1 unspecified atom stereocenters. The van der Waals surface area contributed by atoms with E-state index in [0.717, 1.165) is 24.8 Å². The number of aryl methyl sites for hydroxylation is 2. The molecule has 7 heteroatoms. The Morgan fingerprint density at radius 3 is 2.62 bits per heavy atom. The zero-order valence-corrected chi connectivity index (χ0v) is 13.5. The first kappa shape index (κ1) is 17.2. The largest absolute Gasteiger partial charge is 0.405 e. The number of nitrogens with one attached hydrogen (secondary N) is 2. The summed E-state index contributed by atoms with van der Waals surface area (Å²) < 4.78 is 40.0. The molecule has 3 rings (SSSR count). The molecule has 0 spiro atoms. The third-order valence-electron chi connectivity index (χ3n) is 4.79. The van der Waals surface area contributed by atoms with E-state index in [4.69, 9.17) is 0 Å². The molecule has 24 heavy (non-hydrogen) atoms. The minimum atomic E-state index is -4.36. The molecule has 1 aromatic carbocycles. The molecule has 0 aromatic heterocycles. The van der Waals surface area contributed by atoms with Crippen molar-refractivity contribution in [3.63, 3.8) is 0 Å². The van der Waals surface area contributed by atoms with E-state index in [1.807, 2.05) is 12.1 Å². The molecule has 1 aliphatic heterocycles. The number of carbonyl (C=O) groups excluding carboxylic acids is 1. The van der Waals surface area contributed by atoms with Gasteiger partial charge in [0.1, 0.15) is 6.04 Å². The monoisotopic (exact) mass is 341 g/mol. The Bertz CT molecular complexity index is 597. The molecular formula is C17H22F3N3O. The van der Waals surface area contributed by atoms with Crippen LogP contribution >= 0.6 is 0 Å². The highest BCUT2D eigenvalue weighted by molar-refractivity contribution is 5.94. The van der Waals surface area contributed by atoms with Crippen LogP contribution in [0.2, 0.25) is 0 Å². The highest BCUT2D eigenvalue weighted by Gasteiger charge is 2.43. The van der Waals surface area contributed by atoms with Crippen molar-refractivity contribution in [3.8, 4) is 0 Å². The molecular weight excluding hydrogens is 319 g/mol. The van der Waals surface area contributed by atoms with Crippen LogP contribution in [0.4, 0.5) is 13.2 Å². The fourth-order valence-corrected chi connectivity index (χ4v) is 3.45. The Balaban J connectivity index is 1.64. The molecule has 2 aliphatic rings. The number of amides is 1. The molecule has 132 valence electrons. The second kappa shape index (κ2) is 7.11. The van der Waals surface area contributed by atoms with Gasteiger partial charge in [0.05, 0.1) is 0 Å². The Morgan fingerprint density at radius 1 is 1.21 bits per heavy atom. The van der Waals surface area contributed by atoms with Crippen molar-refractivity contribution in [2.24, 2.45) is 0 Å². The second-order valence-corrected chi connectivity index (χ2v) is 6.39. The fraction of sp³-hybridized carbons (Fsp3) is 0.588. The number of hydrogen-bond acceptors (Lipinski definition) is 3. The summed E-state index contributed by atoms with van der Waals surface area (Å²) in [5.41, 5.74) is 2.81. The average molecular weight is 341 g/mol. The predicted octanol–water partition coefficient (Wildman–Crippen LogP) is 1.74. The van der Waals surface area contributed by atoms with Crippen LogP contribution in [0.1, 0.15) is 27.9 Å². The van der Waals surface area contributed by atoms with Crippen LogP contribution in [0.3, 0.4) is 0 Å². The highest BCUT2D eigenvalue weighted by Crippen LogP contribution is 2.25.